The Hall–Kier alpha value is -3.77. The van der Waals surface area contributed by atoms with Crippen LogP contribution in [0.3, 0.4) is 0 Å². The zero-order valence-corrected chi connectivity index (χ0v) is 19.0. The number of hydrogen-bond donors (Lipinski definition) is 3. The first-order valence-electron chi connectivity index (χ1n) is 10.7. The number of aliphatic hydroxyl groups is 1. The van der Waals surface area contributed by atoms with E-state index in [2.05, 4.69) is 27.2 Å². The second kappa shape index (κ2) is 10.2. The SMILES string of the molecule is C=CC(=O)NC1CCOCC1Nc1cc2oc(C(O)c3c(F)c(OC)cc(OC)c3F)nc2cn1. The first-order chi connectivity index (χ1) is 16.9. The second-order valence-corrected chi connectivity index (χ2v) is 7.75. The molecule has 1 aromatic carbocycles. The number of benzene rings is 1. The summed E-state index contributed by atoms with van der Waals surface area (Å²) in [7, 11) is 2.41. The number of amides is 1. The van der Waals surface area contributed by atoms with Crippen molar-refractivity contribution in [1.82, 2.24) is 15.3 Å². The molecule has 3 N–H and O–H groups in total. The Morgan fingerprint density at radius 3 is 2.63 bits per heavy atom. The van der Waals surface area contributed by atoms with Crippen LogP contribution in [0.1, 0.15) is 24.0 Å². The van der Waals surface area contributed by atoms with Crippen LogP contribution in [-0.4, -0.2) is 60.5 Å². The molecule has 1 aliphatic rings. The van der Waals surface area contributed by atoms with Crippen molar-refractivity contribution in [3.05, 3.63) is 54.1 Å². The lowest BCUT2D eigenvalue weighted by molar-refractivity contribution is -0.117. The summed E-state index contributed by atoms with van der Waals surface area (Å²) < 4.78 is 50.5. The number of aromatic nitrogens is 2. The van der Waals surface area contributed by atoms with Crippen LogP contribution in [-0.2, 0) is 9.53 Å². The standard InChI is InChI=1S/C23H24F2N4O6/c1-4-18(30)28-11-5-6-34-10-13(11)27-17-8-14-12(9-26-17)29-23(35-14)22(31)19-20(24)15(32-2)7-16(33-3)21(19)25/h4,7-9,11,13,22,31H,1,5-6,10H2,2-3H3,(H,26,27)(H,28,30). The quantitative estimate of drug-likeness (QED) is 0.408. The smallest absolute Gasteiger partial charge is 0.243 e. The highest BCUT2D eigenvalue weighted by molar-refractivity contribution is 5.87. The molecular formula is C23H24F2N4O6. The van der Waals surface area contributed by atoms with Gasteiger partial charge >= 0.3 is 0 Å². The molecule has 35 heavy (non-hydrogen) atoms. The Balaban J connectivity index is 1.61. The molecule has 1 fully saturated rings. The maximum atomic E-state index is 14.8. The fourth-order valence-corrected chi connectivity index (χ4v) is 3.80. The largest absolute Gasteiger partial charge is 0.494 e. The zero-order chi connectivity index (χ0) is 25.1. The van der Waals surface area contributed by atoms with Gasteiger partial charge in [0, 0.05) is 18.7 Å². The highest BCUT2D eigenvalue weighted by atomic mass is 19.1. The molecule has 3 atom stereocenters. The molecule has 1 saturated heterocycles. The average Bonchev–Trinajstić information content (AvgIpc) is 3.29. The van der Waals surface area contributed by atoms with Crippen molar-refractivity contribution in [2.75, 3.05) is 32.8 Å². The van der Waals surface area contributed by atoms with Crippen LogP contribution in [0.5, 0.6) is 11.5 Å². The number of carbonyl (C=O) groups is 1. The summed E-state index contributed by atoms with van der Waals surface area (Å²) in [5.41, 5.74) is -0.244. The number of ether oxygens (including phenoxy) is 3. The van der Waals surface area contributed by atoms with E-state index in [4.69, 9.17) is 18.6 Å². The normalized spacial score (nSPS) is 18.7. The fourth-order valence-electron chi connectivity index (χ4n) is 3.80. The Labute approximate surface area is 198 Å². The number of pyridine rings is 1. The minimum Gasteiger partial charge on any atom is -0.494 e. The highest BCUT2D eigenvalue weighted by Gasteiger charge is 2.30. The van der Waals surface area contributed by atoms with Crippen LogP contribution in [0.2, 0.25) is 0 Å². The lowest BCUT2D eigenvalue weighted by atomic mass is 10.0. The highest BCUT2D eigenvalue weighted by Crippen LogP contribution is 2.37. The maximum Gasteiger partial charge on any atom is 0.243 e. The average molecular weight is 490 g/mol. The molecule has 0 aliphatic carbocycles. The van der Waals surface area contributed by atoms with Crippen LogP contribution >= 0.6 is 0 Å². The van der Waals surface area contributed by atoms with Gasteiger partial charge in [0.25, 0.3) is 0 Å². The van der Waals surface area contributed by atoms with Crippen molar-refractivity contribution < 1.29 is 37.3 Å². The first kappa shape index (κ1) is 24.4. The van der Waals surface area contributed by atoms with Gasteiger partial charge in [0.1, 0.15) is 11.3 Å². The van der Waals surface area contributed by atoms with Crippen molar-refractivity contribution >= 4 is 22.8 Å². The van der Waals surface area contributed by atoms with E-state index in [0.29, 0.717) is 25.5 Å². The number of aliphatic hydroxyl groups excluding tert-OH is 1. The first-order valence-corrected chi connectivity index (χ1v) is 10.7. The van der Waals surface area contributed by atoms with Crippen LogP contribution < -0.4 is 20.1 Å². The van der Waals surface area contributed by atoms with E-state index in [1.54, 1.807) is 0 Å². The molecule has 4 rings (SSSR count). The molecule has 186 valence electrons. The number of nitrogens with zero attached hydrogens (tertiary/aromatic N) is 2. The van der Waals surface area contributed by atoms with E-state index in [1.807, 2.05) is 0 Å². The summed E-state index contributed by atoms with van der Waals surface area (Å²) in [4.78, 5) is 20.1. The molecule has 12 heteroatoms. The number of fused-ring (bicyclic) bond motifs is 1. The third-order valence-electron chi connectivity index (χ3n) is 5.61. The number of carbonyl (C=O) groups excluding carboxylic acids is 1. The van der Waals surface area contributed by atoms with Gasteiger partial charge in [-0.25, -0.2) is 18.7 Å². The summed E-state index contributed by atoms with van der Waals surface area (Å²) in [5.74, 6) is -3.08. The molecule has 1 amide bonds. The van der Waals surface area contributed by atoms with Gasteiger partial charge in [0.05, 0.1) is 44.7 Å². The summed E-state index contributed by atoms with van der Waals surface area (Å²) >= 11 is 0. The van der Waals surface area contributed by atoms with Crippen LogP contribution in [0.15, 0.2) is 35.4 Å². The van der Waals surface area contributed by atoms with E-state index in [1.165, 1.54) is 32.6 Å². The van der Waals surface area contributed by atoms with Gasteiger partial charge in [0.15, 0.2) is 34.8 Å². The van der Waals surface area contributed by atoms with Gasteiger partial charge in [0.2, 0.25) is 11.8 Å². The molecule has 0 saturated carbocycles. The second-order valence-electron chi connectivity index (χ2n) is 7.75. The van der Waals surface area contributed by atoms with Gasteiger partial charge in [-0.15, -0.1) is 0 Å². The van der Waals surface area contributed by atoms with E-state index in [0.717, 1.165) is 6.07 Å². The minimum absolute atomic E-state index is 0.215. The summed E-state index contributed by atoms with van der Waals surface area (Å²) in [6.07, 6.45) is 1.30. The molecule has 3 heterocycles. The van der Waals surface area contributed by atoms with Crippen LogP contribution in [0.4, 0.5) is 14.6 Å². The van der Waals surface area contributed by atoms with E-state index >= 15 is 0 Å². The third-order valence-corrected chi connectivity index (χ3v) is 5.61. The summed E-state index contributed by atoms with van der Waals surface area (Å²) in [6, 6.07) is 2.07. The topological polar surface area (TPSA) is 128 Å². The number of hydrogen-bond acceptors (Lipinski definition) is 9. The predicted octanol–water partition coefficient (Wildman–Crippen LogP) is 2.47. The van der Waals surface area contributed by atoms with Crippen LogP contribution in [0.25, 0.3) is 11.1 Å². The number of nitrogens with one attached hydrogen (secondary N) is 2. The van der Waals surface area contributed by atoms with Crippen LogP contribution in [0, 0.1) is 11.6 Å². The molecule has 1 aliphatic heterocycles. The molecule has 10 nitrogen and oxygen atoms in total. The number of halogens is 2. The molecule has 3 unspecified atom stereocenters. The van der Waals surface area contributed by atoms with Crippen molar-refractivity contribution in [3.8, 4) is 11.5 Å². The Morgan fingerprint density at radius 2 is 1.97 bits per heavy atom. The number of oxazole rings is 1. The minimum atomic E-state index is -1.88. The molecule has 0 bridgehead atoms. The van der Waals surface area contributed by atoms with Crippen molar-refractivity contribution in [1.29, 1.82) is 0 Å². The van der Waals surface area contributed by atoms with Gasteiger partial charge in [-0.05, 0) is 12.5 Å². The van der Waals surface area contributed by atoms with E-state index in [-0.39, 0.29) is 46.5 Å². The molecule has 0 radical (unpaired) electrons. The Bertz CT molecular complexity index is 1220. The monoisotopic (exact) mass is 490 g/mol. The van der Waals surface area contributed by atoms with Gasteiger partial charge in [-0.3, -0.25) is 4.79 Å². The Morgan fingerprint density at radius 1 is 1.26 bits per heavy atom. The van der Waals surface area contributed by atoms with Crippen molar-refractivity contribution in [2.24, 2.45) is 0 Å². The Kier molecular flexibility index (Phi) is 7.12. The fraction of sp³-hybridized carbons (Fsp3) is 0.348. The predicted molar refractivity (Wildman–Crippen MR) is 120 cm³/mol. The van der Waals surface area contributed by atoms with E-state index in [9.17, 15) is 18.7 Å². The molecule has 2 aromatic heterocycles. The van der Waals surface area contributed by atoms with Gasteiger partial charge < -0.3 is 34.4 Å². The van der Waals surface area contributed by atoms with Crippen molar-refractivity contribution in [2.45, 2.75) is 24.6 Å². The van der Waals surface area contributed by atoms with Crippen molar-refractivity contribution in [3.63, 3.8) is 0 Å². The maximum absolute atomic E-state index is 14.8. The van der Waals surface area contributed by atoms with E-state index < -0.39 is 23.3 Å². The van der Waals surface area contributed by atoms with Gasteiger partial charge in [-0.1, -0.05) is 6.58 Å². The summed E-state index contributed by atoms with van der Waals surface area (Å²) in [5, 5.41) is 16.8. The lowest BCUT2D eigenvalue weighted by Gasteiger charge is -2.32. The number of rotatable bonds is 8. The number of anilines is 1. The third kappa shape index (κ3) is 4.88. The molecule has 0 spiro atoms. The lowest BCUT2D eigenvalue weighted by Crippen LogP contribution is -2.52. The summed E-state index contributed by atoms with van der Waals surface area (Å²) in [6.45, 7) is 4.29. The molecular weight excluding hydrogens is 466 g/mol. The van der Waals surface area contributed by atoms with Gasteiger partial charge in [-0.2, -0.15) is 0 Å². The number of methoxy groups -OCH3 is 2. The zero-order valence-electron chi connectivity index (χ0n) is 19.0. The molecule has 3 aromatic rings.